The first-order valence-corrected chi connectivity index (χ1v) is 7.74. The highest BCUT2D eigenvalue weighted by Gasteiger charge is 2.22. The maximum Gasteiger partial charge on any atom is 0.293 e. The number of carbonyl (C=O) groups is 2. The van der Waals surface area contributed by atoms with Crippen molar-refractivity contribution in [3.8, 4) is 5.88 Å². The molecular weight excluding hydrogens is 296 g/mol. The summed E-state index contributed by atoms with van der Waals surface area (Å²) in [6.45, 7) is 7.78. The summed E-state index contributed by atoms with van der Waals surface area (Å²) in [5, 5.41) is 3.25. The average Bonchev–Trinajstić information content (AvgIpc) is 2.54. The quantitative estimate of drug-likeness (QED) is 0.676. The molecule has 1 aliphatic rings. The summed E-state index contributed by atoms with van der Waals surface area (Å²) in [7, 11) is 1.57. The van der Waals surface area contributed by atoms with E-state index in [9.17, 15) is 9.59 Å². The summed E-state index contributed by atoms with van der Waals surface area (Å²) in [5.74, 6) is 0.898. The van der Waals surface area contributed by atoms with Crippen molar-refractivity contribution < 1.29 is 19.1 Å². The predicted molar refractivity (Wildman–Crippen MR) is 87.6 cm³/mol. The van der Waals surface area contributed by atoms with Crippen LogP contribution in [0.4, 0.5) is 0 Å². The molecule has 1 aromatic rings. The van der Waals surface area contributed by atoms with Gasteiger partial charge in [0.1, 0.15) is 5.60 Å². The summed E-state index contributed by atoms with van der Waals surface area (Å²) in [4.78, 5) is 25.7. The number of ether oxygens (including phenoxy) is 2. The van der Waals surface area contributed by atoms with Crippen molar-refractivity contribution >= 4 is 12.3 Å². The summed E-state index contributed by atoms with van der Waals surface area (Å²) in [6.07, 6.45) is 3.44. The minimum absolute atomic E-state index is 0.149. The third-order valence-corrected chi connectivity index (χ3v) is 3.34. The van der Waals surface area contributed by atoms with E-state index in [1.54, 1.807) is 25.4 Å². The van der Waals surface area contributed by atoms with Crippen LogP contribution in [0.2, 0.25) is 0 Å². The fourth-order valence-electron chi connectivity index (χ4n) is 2.11. The van der Waals surface area contributed by atoms with Crippen LogP contribution in [0.3, 0.4) is 0 Å². The second-order valence-corrected chi connectivity index (χ2v) is 6.30. The lowest BCUT2D eigenvalue weighted by Crippen LogP contribution is -2.31. The number of piperidine rings is 1. The Balaban J connectivity index is 0.000000322. The molecular formula is C17H26N2O4. The first-order valence-electron chi connectivity index (χ1n) is 7.74. The zero-order valence-electron chi connectivity index (χ0n) is 14.3. The number of nitrogens with zero attached hydrogens (tertiary/aromatic N) is 1. The first-order chi connectivity index (χ1) is 10.9. The van der Waals surface area contributed by atoms with Gasteiger partial charge in [0, 0.05) is 23.7 Å². The van der Waals surface area contributed by atoms with Gasteiger partial charge in [0.25, 0.3) is 6.47 Å². The van der Waals surface area contributed by atoms with Gasteiger partial charge in [-0.1, -0.05) is 0 Å². The van der Waals surface area contributed by atoms with E-state index in [-0.39, 0.29) is 17.3 Å². The predicted octanol–water partition coefficient (Wildman–Crippen LogP) is 2.23. The Morgan fingerprint density at radius 3 is 2.35 bits per heavy atom. The Hall–Kier alpha value is -1.95. The van der Waals surface area contributed by atoms with Crippen LogP contribution in [0.25, 0.3) is 0 Å². The number of rotatable bonds is 4. The van der Waals surface area contributed by atoms with Gasteiger partial charge in [0.15, 0.2) is 5.78 Å². The van der Waals surface area contributed by atoms with E-state index in [1.807, 2.05) is 20.8 Å². The molecule has 128 valence electrons. The molecule has 1 saturated heterocycles. The fraction of sp³-hybridized carbons (Fsp3) is 0.588. The van der Waals surface area contributed by atoms with E-state index in [4.69, 9.17) is 4.74 Å². The van der Waals surface area contributed by atoms with E-state index in [0.29, 0.717) is 17.9 Å². The molecule has 1 N–H and O–H groups in total. The molecule has 6 nitrogen and oxygen atoms in total. The standard InChI is InChI=1S/C12H16N2O2.C5H10O2/c1-16-11-3-2-10(8-14-11)12(15)9-4-6-13-7-5-9;1-5(2,3)7-4-6/h2-3,8-9,13H,4-7H2,1H3;4H,1-3H3. The van der Waals surface area contributed by atoms with Gasteiger partial charge in [-0.15, -0.1) is 0 Å². The number of pyridine rings is 1. The molecule has 0 saturated carbocycles. The van der Waals surface area contributed by atoms with Crippen molar-refractivity contribution in [3.63, 3.8) is 0 Å². The Kier molecular flexibility index (Phi) is 7.68. The van der Waals surface area contributed by atoms with Crippen LogP contribution in [0.1, 0.15) is 44.0 Å². The molecule has 0 amide bonds. The highest BCUT2D eigenvalue weighted by Crippen LogP contribution is 2.18. The van der Waals surface area contributed by atoms with E-state index in [0.717, 1.165) is 25.9 Å². The molecule has 23 heavy (non-hydrogen) atoms. The van der Waals surface area contributed by atoms with Crippen molar-refractivity contribution in [2.75, 3.05) is 20.2 Å². The van der Waals surface area contributed by atoms with E-state index >= 15 is 0 Å². The highest BCUT2D eigenvalue weighted by atomic mass is 16.5. The zero-order chi connectivity index (χ0) is 17.3. The Morgan fingerprint density at radius 1 is 1.30 bits per heavy atom. The SMILES string of the molecule is CC(C)(C)OC=O.COc1ccc(C(=O)C2CCNCC2)cn1. The molecule has 2 rings (SSSR count). The first kappa shape index (κ1) is 19.1. The van der Waals surface area contributed by atoms with Crippen molar-refractivity contribution in [1.29, 1.82) is 0 Å². The van der Waals surface area contributed by atoms with E-state index < -0.39 is 0 Å². The molecule has 0 unspecified atom stereocenters. The second kappa shape index (κ2) is 9.25. The fourth-order valence-corrected chi connectivity index (χ4v) is 2.11. The normalized spacial score (nSPS) is 15.1. The van der Waals surface area contributed by atoms with Crippen LogP contribution >= 0.6 is 0 Å². The summed E-state index contributed by atoms with van der Waals surface area (Å²) in [6, 6.07) is 3.52. The maximum absolute atomic E-state index is 12.1. The highest BCUT2D eigenvalue weighted by molar-refractivity contribution is 5.97. The molecule has 0 atom stereocenters. The molecule has 0 aliphatic carbocycles. The third kappa shape index (κ3) is 7.23. The van der Waals surface area contributed by atoms with Gasteiger partial charge in [0.05, 0.1) is 7.11 Å². The lowest BCUT2D eigenvalue weighted by Gasteiger charge is -2.21. The Bertz CT molecular complexity index is 488. The van der Waals surface area contributed by atoms with Gasteiger partial charge in [-0.05, 0) is 52.8 Å². The smallest absolute Gasteiger partial charge is 0.293 e. The number of nitrogens with one attached hydrogen (secondary N) is 1. The Morgan fingerprint density at radius 2 is 1.96 bits per heavy atom. The molecule has 0 spiro atoms. The minimum atomic E-state index is -0.318. The van der Waals surface area contributed by atoms with Gasteiger partial charge in [-0.25, -0.2) is 4.98 Å². The summed E-state index contributed by atoms with van der Waals surface area (Å²) < 4.78 is 9.51. The van der Waals surface area contributed by atoms with Crippen LogP contribution in [-0.2, 0) is 9.53 Å². The topological polar surface area (TPSA) is 77.5 Å². The van der Waals surface area contributed by atoms with E-state index in [1.165, 1.54) is 0 Å². The molecule has 0 radical (unpaired) electrons. The van der Waals surface area contributed by atoms with Gasteiger partial charge in [0.2, 0.25) is 5.88 Å². The lowest BCUT2D eigenvalue weighted by molar-refractivity contribution is -0.138. The molecule has 1 aromatic heterocycles. The number of ketones is 1. The number of carbonyl (C=O) groups excluding carboxylic acids is 2. The lowest BCUT2D eigenvalue weighted by atomic mass is 9.90. The van der Waals surface area contributed by atoms with Gasteiger partial charge in [-0.2, -0.15) is 0 Å². The van der Waals surface area contributed by atoms with Gasteiger partial charge in [-0.3, -0.25) is 9.59 Å². The van der Waals surface area contributed by atoms with Crippen molar-refractivity contribution in [2.45, 2.75) is 39.2 Å². The Labute approximate surface area is 137 Å². The zero-order valence-corrected chi connectivity index (χ0v) is 14.3. The van der Waals surface area contributed by atoms with Crippen molar-refractivity contribution in [1.82, 2.24) is 10.3 Å². The minimum Gasteiger partial charge on any atom is -0.481 e. The van der Waals surface area contributed by atoms with Crippen molar-refractivity contribution in [3.05, 3.63) is 23.9 Å². The molecule has 6 heteroatoms. The van der Waals surface area contributed by atoms with Crippen LogP contribution in [0.5, 0.6) is 5.88 Å². The molecule has 1 aliphatic heterocycles. The van der Waals surface area contributed by atoms with Crippen LogP contribution in [0.15, 0.2) is 18.3 Å². The van der Waals surface area contributed by atoms with Crippen LogP contribution < -0.4 is 10.1 Å². The second-order valence-electron chi connectivity index (χ2n) is 6.30. The van der Waals surface area contributed by atoms with Crippen LogP contribution in [0, 0.1) is 5.92 Å². The summed E-state index contributed by atoms with van der Waals surface area (Å²) in [5.41, 5.74) is 0.370. The maximum atomic E-state index is 12.1. The van der Waals surface area contributed by atoms with E-state index in [2.05, 4.69) is 15.0 Å². The molecule has 0 bridgehead atoms. The number of hydrogen-bond donors (Lipinski definition) is 1. The van der Waals surface area contributed by atoms with Crippen LogP contribution in [-0.4, -0.2) is 43.0 Å². The number of hydrogen-bond acceptors (Lipinski definition) is 6. The largest absolute Gasteiger partial charge is 0.481 e. The molecule has 0 aromatic carbocycles. The van der Waals surface area contributed by atoms with Crippen molar-refractivity contribution in [2.24, 2.45) is 5.92 Å². The molecule has 2 heterocycles. The van der Waals surface area contributed by atoms with Gasteiger partial charge < -0.3 is 14.8 Å². The third-order valence-electron chi connectivity index (χ3n) is 3.34. The number of Topliss-reactive ketones (excluding diaryl/α,β-unsaturated/α-hetero) is 1. The number of aromatic nitrogens is 1. The van der Waals surface area contributed by atoms with Gasteiger partial charge >= 0.3 is 0 Å². The average molecular weight is 322 g/mol. The summed E-state index contributed by atoms with van der Waals surface area (Å²) >= 11 is 0. The monoisotopic (exact) mass is 322 g/mol. The number of methoxy groups -OCH3 is 1. The molecule has 1 fully saturated rings.